The molecule has 2 heterocycles. The molecule has 0 aliphatic rings. The molecule has 2 aromatic heterocycles. The van der Waals surface area contributed by atoms with E-state index in [0.717, 1.165) is 11.1 Å². The van der Waals surface area contributed by atoms with Crippen LogP contribution < -0.4 is 10.9 Å². The number of fused-ring (bicyclic) bond motifs is 1. The molecule has 3 aromatic rings. The first kappa shape index (κ1) is 18.0. The lowest BCUT2D eigenvalue weighted by Gasteiger charge is -2.17. The van der Waals surface area contributed by atoms with E-state index in [1.807, 2.05) is 20.8 Å². The third-order valence-corrected chi connectivity index (χ3v) is 4.14. The highest BCUT2D eigenvalue weighted by Crippen LogP contribution is 2.30. The lowest BCUT2D eigenvalue weighted by Crippen LogP contribution is -2.23. The van der Waals surface area contributed by atoms with Gasteiger partial charge in [-0.05, 0) is 50.6 Å². The molecular weight excluding hydrogens is 335 g/mol. The molecule has 0 aliphatic heterocycles. The maximum absolute atomic E-state index is 13.5. The van der Waals surface area contributed by atoms with Crippen LogP contribution in [0.2, 0.25) is 0 Å². The molecule has 1 aromatic carbocycles. The van der Waals surface area contributed by atoms with Crippen LogP contribution in [0, 0.1) is 12.7 Å². The number of aryl methyl sites for hydroxylation is 1. The fraction of sp³-hybridized carbons (Fsp3) is 0.316. The Morgan fingerprint density at radius 2 is 2.00 bits per heavy atom. The van der Waals surface area contributed by atoms with Crippen LogP contribution in [0.3, 0.4) is 0 Å². The fourth-order valence-electron chi connectivity index (χ4n) is 2.98. The second-order valence-electron chi connectivity index (χ2n) is 6.38. The summed E-state index contributed by atoms with van der Waals surface area (Å²) in [5, 5.41) is 12.7. The Morgan fingerprint density at radius 3 is 2.65 bits per heavy atom. The monoisotopic (exact) mass is 356 g/mol. The number of pyridine rings is 1. The van der Waals surface area contributed by atoms with Crippen LogP contribution in [0.4, 0.5) is 10.3 Å². The predicted octanol–water partition coefficient (Wildman–Crippen LogP) is 2.89. The van der Waals surface area contributed by atoms with Gasteiger partial charge in [0.1, 0.15) is 11.5 Å². The largest absolute Gasteiger partial charge is 0.395 e. The Balaban J connectivity index is 2.36. The van der Waals surface area contributed by atoms with Crippen LogP contribution in [0.25, 0.3) is 22.3 Å². The number of aliphatic hydroxyl groups excluding tert-OH is 1. The van der Waals surface area contributed by atoms with Gasteiger partial charge in [0.25, 0.3) is 5.56 Å². The van der Waals surface area contributed by atoms with E-state index in [1.165, 1.54) is 18.2 Å². The summed E-state index contributed by atoms with van der Waals surface area (Å²) in [6.45, 7) is 5.84. The summed E-state index contributed by atoms with van der Waals surface area (Å²) in [7, 11) is 0. The molecule has 2 N–H and O–H groups in total. The molecule has 0 amide bonds. The highest BCUT2D eigenvalue weighted by atomic mass is 19.1. The van der Waals surface area contributed by atoms with E-state index in [1.54, 1.807) is 16.7 Å². The topological polar surface area (TPSA) is 80.0 Å². The molecule has 3 rings (SSSR count). The molecule has 26 heavy (non-hydrogen) atoms. The quantitative estimate of drug-likeness (QED) is 0.735. The molecule has 6 nitrogen and oxygen atoms in total. The molecule has 0 aliphatic carbocycles. The van der Waals surface area contributed by atoms with Crippen molar-refractivity contribution in [3.8, 4) is 11.3 Å². The summed E-state index contributed by atoms with van der Waals surface area (Å²) in [5.74, 6) is -0.00685. The zero-order valence-corrected chi connectivity index (χ0v) is 15.0. The van der Waals surface area contributed by atoms with Gasteiger partial charge >= 0.3 is 0 Å². The van der Waals surface area contributed by atoms with E-state index in [4.69, 9.17) is 5.11 Å². The first-order valence-corrected chi connectivity index (χ1v) is 8.47. The highest BCUT2D eigenvalue weighted by Gasteiger charge is 2.16. The Bertz CT molecular complexity index is 1010. The van der Waals surface area contributed by atoms with E-state index >= 15 is 0 Å². The first-order chi connectivity index (χ1) is 12.4. The summed E-state index contributed by atoms with van der Waals surface area (Å²) in [4.78, 5) is 21.4. The SMILES string of the molecule is Cc1cc(F)ccc1-c1nc(NCCO)nc2c1ccc(=O)n2C(C)C. The van der Waals surface area contributed by atoms with Crippen molar-refractivity contribution in [2.45, 2.75) is 26.8 Å². The number of aliphatic hydroxyl groups is 1. The van der Waals surface area contributed by atoms with Gasteiger partial charge in [-0.2, -0.15) is 4.98 Å². The molecule has 0 saturated carbocycles. The molecule has 0 saturated heterocycles. The molecular formula is C19H21FN4O2. The van der Waals surface area contributed by atoms with Gasteiger partial charge in [0.2, 0.25) is 5.95 Å². The van der Waals surface area contributed by atoms with Crippen LogP contribution in [0.15, 0.2) is 35.1 Å². The van der Waals surface area contributed by atoms with Crippen molar-refractivity contribution in [2.24, 2.45) is 0 Å². The predicted molar refractivity (Wildman–Crippen MR) is 99.9 cm³/mol. The van der Waals surface area contributed by atoms with Crippen molar-refractivity contribution < 1.29 is 9.50 Å². The zero-order valence-electron chi connectivity index (χ0n) is 15.0. The van der Waals surface area contributed by atoms with Gasteiger partial charge in [-0.25, -0.2) is 9.37 Å². The second-order valence-corrected chi connectivity index (χ2v) is 6.38. The van der Waals surface area contributed by atoms with Crippen LogP contribution in [0.5, 0.6) is 0 Å². The van der Waals surface area contributed by atoms with Crippen molar-refractivity contribution in [3.05, 3.63) is 52.1 Å². The van der Waals surface area contributed by atoms with Gasteiger partial charge in [-0.3, -0.25) is 9.36 Å². The van der Waals surface area contributed by atoms with E-state index in [9.17, 15) is 9.18 Å². The normalized spacial score (nSPS) is 11.3. The van der Waals surface area contributed by atoms with Crippen LogP contribution in [-0.2, 0) is 0 Å². The summed E-state index contributed by atoms with van der Waals surface area (Å²) in [5.41, 5.74) is 2.46. The first-order valence-electron chi connectivity index (χ1n) is 8.47. The van der Waals surface area contributed by atoms with Gasteiger partial charge in [-0.15, -0.1) is 0 Å². The number of nitrogens with zero attached hydrogens (tertiary/aromatic N) is 3. The fourth-order valence-corrected chi connectivity index (χ4v) is 2.98. The van der Waals surface area contributed by atoms with Gasteiger partial charge in [0, 0.05) is 29.6 Å². The average molecular weight is 356 g/mol. The van der Waals surface area contributed by atoms with Gasteiger partial charge < -0.3 is 10.4 Å². The third kappa shape index (κ3) is 3.30. The minimum Gasteiger partial charge on any atom is -0.395 e. The molecule has 0 spiro atoms. The minimum absolute atomic E-state index is 0.0713. The number of hydrogen-bond acceptors (Lipinski definition) is 5. The van der Waals surface area contributed by atoms with Gasteiger partial charge in [-0.1, -0.05) is 0 Å². The molecule has 0 atom stereocenters. The Kier molecular flexibility index (Phi) is 4.99. The van der Waals surface area contributed by atoms with Crippen molar-refractivity contribution in [2.75, 3.05) is 18.5 Å². The Hall–Kier alpha value is -2.80. The van der Waals surface area contributed by atoms with Gasteiger partial charge in [0.15, 0.2) is 0 Å². The van der Waals surface area contributed by atoms with Gasteiger partial charge in [0.05, 0.1) is 12.3 Å². The second kappa shape index (κ2) is 7.21. The molecule has 0 bridgehead atoms. The molecule has 0 radical (unpaired) electrons. The summed E-state index contributed by atoms with van der Waals surface area (Å²) < 4.78 is 15.1. The number of hydrogen-bond donors (Lipinski definition) is 2. The van der Waals surface area contributed by atoms with Crippen molar-refractivity contribution in [1.29, 1.82) is 0 Å². The number of rotatable bonds is 5. The maximum atomic E-state index is 13.5. The number of anilines is 1. The molecule has 0 fully saturated rings. The van der Waals surface area contributed by atoms with E-state index in [0.29, 0.717) is 22.7 Å². The smallest absolute Gasteiger partial charge is 0.252 e. The summed E-state index contributed by atoms with van der Waals surface area (Å²) in [6.07, 6.45) is 0. The summed E-state index contributed by atoms with van der Waals surface area (Å²) >= 11 is 0. The third-order valence-electron chi connectivity index (χ3n) is 4.14. The molecule has 7 heteroatoms. The van der Waals surface area contributed by atoms with E-state index < -0.39 is 0 Å². The maximum Gasteiger partial charge on any atom is 0.252 e. The molecule has 136 valence electrons. The van der Waals surface area contributed by atoms with Crippen molar-refractivity contribution in [3.63, 3.8) is 0 Å². The van der Waals surface area contributed by atoms with Crippen LogP contribution >= 0.6 is 0 Å². The lowest BCUT2D eigenvalue weighted by atomic mass is 10.0. The number of halogens is 1. The number of nitrogens with one attached hydrogen (secondary N) is 1. The van der Waals surface area contributed by atoms with Crippen molar-refractivity contribution >= 4 is 17.0 Å². The lowest BCUT2D eigenvalue weighted by molar-refractivity contribution is 0.311. The minimum atomic E-state index is -0.317. The standard InChI is InChI=1S/C19H21FN4O2/c1-11(2)24-16(26)7-6-15-17(14-5-4-13(20)10-12(14)3)22-19(21-8-9-25)23-18(15)24/h4-7,10-11,25H,8-9H2,1-3H3,(H,21,22,23). The van der Waals surface area contributed by atoms with Crippen LogP contribution in [-0.4, -0.2) is 32.8 Å². The zero-order chi connectivity index (χ0) is 18.8. The van der Waals surface area contributed by atoms with Crippen LogP contribution in [0.1, 0.15) is 25.5 Å². The Labute approximate surface area is 150 Å². The number of aromatic nitrogens is 3. The number of benzene rings is 1. The Morgan fingerprint density at radius 1 is 1.23 bits per heavy atom. The van der Waals surface area contributed by atoms with E-state index in [-0.39, 0.29) is 30.6 Å². The highest BCUT2D eigenvalue weighted by molar-refractivity contribution is 5.92. The van der Waals surface area contributed by atoms with Crippen molar-refractivity contribution in [1.82, 2.24) is 14.5 Å². The average Bonchev–Trinajstić information content (AvgIpc) is 2.58. The summed E-state index contributed by atoms with van der Waals surface area (Å²) in [6, 6.07) is 7.61. The van der Waals surface area contributed by atoms with E-state index in [2.05, 4.69) is 15.3 Å². The molecule has 0 unspecified atom stereocenters.